The zero-order valence-electron chi connectivity index (χ0n) is 14.0. The summed E-state index contributed by atoms with van der Waals surface area (Å²) in [5.41, 5.74) is 0.584. The van der Waals surface area contributed by atoms with E-state index in [2.05, 4.69) is 0 Å². The molecule has 2 aromatic rings. The summed E-state index contributed by atoms with van der Waals surface area (Å²) in [6.45, 7) is 3.87. The summed E-state index contributed by atoms with van der Waals surface area (Å²) in [7, 11) is 0. The number of halogens is 5. The van der Waals surface area contributed by atoms with E-state index in [9.17, 15) is 22.4 Å². The van der Waals surface area contributed by atoms with Crippen LogP contribution in [-0.4, -0.2) is 5.24 Å². The van der Waals surface area contributed by atoms with Crippen LogP contribution in [-0.2, 0) is 12.8 Å². The number of hydrogen-bond donors (Lipinski definition) is 0. The van der Waals surface area contributed by atoms with Gasteiger partial charge in [-0.25, -0.2) is 17.6 Å². The molecule has 6 heteroatoms. The summed E-state index contributed by atoms with van der Waals surface area (Å²) < 4.78 is 51.3. The second kappa shape index (κ2) is 10.2. The van der Waals surface area contributed by atoms with Crippen LogP contribution in [0.2, 0.25) is 0 Å². The fourth-order valence-corrected chi connectivity index (χ4v) is 2.47. The van der Waals surface area contributed by atoms with Gasteiger partial charge in [0.1, 0.15) is 28.8 Å². The Morgan fingerprint density at radius 3 is 1.56 bits per heavy atom. The molecular weight excluding hydrogens is 356 g/mol. The predicted molar refractivity (Wildman–Crippen MR) is 90.9 cm³/mol. The molecule has 25 heavy (non-hydrogen) atoms. The minimum Gasteiger partial charge on any atom is -0.275 e. The number of carbonyl (C=O) groups excluding carboxylic acids is 1. The second-order valence-corrected chi connectivity index (χ2v) is 5.83. The van der Waals surface area contributed by atoms with Crippen molar-refractivity contribution >= 4 is 16.8 Å². The summed E-state index contributed by atoms with van der Waals surface area (Å²) in [5.74, 6) is -2.77. The van der Waals surface area contributed by atoms with Crippen LogP contribution in [0, 0.1) is 23.3 Å². The van der Waals surface area contributed by atoms with Crippen molar-refractivity contribution in [1.29, 1.82) is 0 Å². The molecule has 0 radical (unpaired) electrons. The Morgan fingerprint density at radius 1 is 0.800 bits per heavy atom. The average Bonchev–Trinajstić information content (AvgIpc) is 2.46. The molecule has 136 valence electrons. The summed E-state index contributed by atoms with van der Waals surface area (Å²) >= 11 is 5.02. The highest BCUT2D eigenvalue weighted by Crippen LogP contribution is 2.18. The van der Waals surface area contributed by atoms with Crippen molar-refractivity contribution < 1.29 is 22.4 Å². The van der Waals surface area contributed by atoms with Crippen LogP contribution in [0.3, 0.4) is 0 Å². The molecular formula is C19H19ClF4O. The van der Waals surface area contributed by atoms with Gasteiger partial charge in [0.05, 0.1) is 0 Å². The normalized spacial score (nSPS) is 10.2. The lowest BCUT2D eigenvalue weighted by Crippen LogP contribution is -2.01. The topological polar surface area (TPSA) is 17.1 Å². The first kappa shape index (κ1) is 21.2. The van der Waals surface area contributed by atoms with Crippen molar-refractivity contribution in [3.8, 4) is 0 Å². The molecule has 1 nitrogen and oxygen atoms in total. The molecule has 0 aliphatic carbocycles. The Morgan fingerprint density at radius 2 is 1.20 bits per heavy atom. The van der Waals surface area contributed by atoms with Crippen molar-refractivity contribution in [1.82, 2.24) is 0 Å². The third-order valence-corrected chi connectivity index (χ3v) is 3.49. The molecule has 0 atom stereocenters. The third-order valence-electron chi connectivity index (χ3n) is 3.30. The number of rotatable bonds is 5. The standard InChI is InChI=1S/C10H9ClF2O.C9H10F2/c1-2-3-6-4-7(12)9(10(11)14)8(13)5-6;1-2-3-7-4-8(10)6-9(11)5-7/h4-5H,2-3H2,1H3;4-6H,2-3H2,1H3. The molecule has 0 fully saturated rings. The Hall–Kier alpha value is -1.88. The molecule has 0 aromatic heterocycles. The monoisotopic (exact) mass is 374 g/mol. The lowest BCUT2D eigenvalue weighted by molar-refractivity contribution is 0.107. The van der Waals surface area contributed by atoms with Gasteiger partial charge < -0.3 is 0 Å². The van der Waals surface area contributed by atoms with Crippen LogP contribution in [0.4, 0.5) is 17.6 Å². The van der Waals surface area contributed by atoms with Gasteiger partial charge in [-0.15, -0.1) is 0 Å². The van der Waals surface area contributed by atoms with Gasteiger partial charge in [0.15, 0.2) is 0 Å². The van der Waals surface area contributed by atoms with Gasteiger partial charge >= 0.3 is 0 Å². The minimum absolute atomic E-state index is 0.492. The maximum absolute atomic E-state index is 13.1. The van der Waals surface area contributed by atoms with E-state index in [1.54, 1.807) is 0 Å². The zero-order valence-corrected chi connectivity index (χ0v) is 14.8. The molecule has 0 unspecified atom stereocenters. The van der Waals surface area contributed by atoms with Gasteiger partial charge in [-0.1, -0.05) is 26.7 Å². The molecule has 0 amide bonds. The highest BCUT2D eigenvalue weighted by atomic mass is 35.5. The number of benzene rings is 2. The van der Waals surface area contributed by atoms with Crippen LogP contribution < -0.4 is 0 Å². The number of aryl methyl sites for hydroxylation is 2. The van der Waals surface area contributed by atoms with Gasteiger partial charge in [-0.3, -0.25) is 4.79 Å². The van der Waals surface area contributed by atoms with Crippen LogP contribution in [0.1, 0.15) is 48.2 Å². The van der Waals surface area contributed by atoms with E-state index < -0.39 is 34.1 Å². The Labute approximate surface area is 149 Å². The summed E-state index contributed by atoms with van der Waals surface area (Å²) in [5, 5.41) is -1.11. The largest absolute Gasteiger partial charge is 0.275 e. The lowest BCUT2D eigenvalue weighted by atomic mass is 10.1. The maximum atomic E-state index is 13.1. The van der Waals surface area contributed by atoms with Crippen LogP contribution in [0.15, 0.2) is 30.3 Å². The van der Waals surface area contributed by atoms with Gasteiger partial charge in [-0.05, 0) is 59.8 Å². The number of carbonyl (C=O) groups is 1. The highest BCUT2D eigenvalue weighted by Gasteiger charge is 2.16. The van der Waals surface area contributed by atoms with Crippen LogP contribution >= 0.6 is 11.6 Å². The molecule has 0 aliphatic heterocycles. The molecule has 0 saturated carbocycles. The first-order valence-electron chi connectivity index (χ1n) is 7.91. The minimum atomic E-state index is -1.11. The maximum Gasteiger partial charge on any atom is 0.258 e. The quantitative estimate of drug-likeness (QED) is 0.449. The molecule has 0 N–H and O–H groups in total. The first-order chi connectivity index (χ1) is 11.8. The van der Waals surface area contributed by atoms with E-state index >= 15 is 0 Å². The Kier molecular flexibility index (Phi) is 8.62. The van der Waals surface area contributed by atoms with Crippen molar-refractivity contribution in [2.24, 2.45) is 0 Å². The lowest BCUT2D eigenvalue weighted by Gasteiger charge is -2.03. The van der Waals surface area contributed by atoms with Gasteiger partial charge in [-0.2, -0.15) is 0 Å². The van der Waals surface area contributed by atoms with E-state index in [0.29, 0.717) is 12.0 Å². The van der Waals surface area contributed by atoms with Crippen molar-refractivity contribution in [2.45, 2.75) is 39.5 Å². The fraction of sp³-hybridized carbons (Fsp3) is 0.316. The SMILES string of the molecule is CCCc1cc(F)c(C(=O)Cl)c(F)c1.CCCc1cc(F)cc(F)c1. The highest BCUT2D eigenvalue weighted by molar-refractivity contribution is 6.67. The van der Waals surface area contributed by atoms with Crippen LogP contribution in [0.25, 0.3) is 0 Å². The van der Waals surface area contributed by atoms with E-state index in [-0.39, 0.29) is 0 Å². The Bertz CT molecular complexity index is 688. The zero-order chi connectivity index (χ0) is 19.0. The molecule has 2 aromatic carbocycles. The van der Waals surface area contributed by atoms with Gasteiger partial charge in [0.2, 0.25) is 0 Å². The van der Waals surface area contributed by atoms with Gasteiger partial charge in [0.25, 0.3) is 5.24 Å². The predicted octanol–water partition coefficient (Wildman–Crippen LogP) is 6.21. The summed E-state index contributed by atoms with van der Waals surface area (Å²) in [6.07, 6.45) is 3.00. The first-order valence-corrected chi connectivity index (χ1v) is 8.29. The van der Waals surface area contributed by atoms with E-state index in [1.807, 2.05) is 13.8 Å². The molecule has 0 saturated heterocycles. The van der Waals surface area contributed by atoms with Crippen LogP contribution in [0.5, 0.6) is 0 Å². The van der Waals surface area contributed by atoms with Crippen molar-refractivity contribution in [3.63, 3.8) is 0 Å². The number of hydrogen-bond acceptors (Lipinski definition) is 1. The van der Waals surface area contributed by atoms with E-state index in [4.69, 9.17) is 11.6 Å². The molecule has 0 bridgehead atoms. The molecule has 0 heterocycles. The van der Waals surface area contributed by atoms with Gasteiger partial charge in [0, 0.05) is 6.07 Å². The smallest absolute Gasteiger partial charge is 0.258 e. The van der Waals surface area contributed by atoms with Crippen molar-refractivity contribution in [2.75, 3.05) is 0 Å². The average molecular weight is 375 g/mol. The Balaban J connectivity index is 0.000000257. The molecule has 2 rings (SSSR count). The second-order valence-electron chi connectivity index (χ2n) is 5.49. The fourth-order valence-electron chi connectivity index (χ4n) is 2.29. The van der Waals surface area contributed by atoms with Crippen molar-refractivity contribution in [3.05, 3.63) is 70.3 Å². The summed E-state index contributed by atoms with van der Waals surface area (Å²) in [4.78, 5) is 10.6. The molecule has 0 spiro atoms. The molecule has 0 aliphatic rings. The van der Waals surface area contributed by atoms with E-state index in [1.165, 1.54) is 12.1 Å². The van der Waals surface area contributed by atoms with E-state index in [0.717, 1.165) is 43.0 Å². The summed E-state index contributed by atoms with van der Waals surface area (Å²) in [6, 6.07) is 5.91. The third kappa shape index (κ3) is 6.86.